The maximum Gasteiger partial charge on any atom is 0.354 e. The largest absolute Gasteiger partial charge is 0.477 e. The molecule has 40 heavy (non-hydrogen) atoms. The number of aromatic nitrogens is 2. The highest BCUT2D eigenvalue weighted by atomic mass is 35.5. The lowest BCUT2D eigenvalue weighted by Crippen LogP contribution is -2.37. The summed E-state index contributed by atoms with van der Waals surface area (Å²) >= 11 is 7.78. The van der Waals surface area contributed by atoms with E-state index in [0.29, 0.717) is 17.3 Å². The molecule has 4 rings (SSSR count). The fourth-order valence-electron chi connectivity index (χ4n) is 4.83. The van der Waals surface area contributed by atoms with Crippen LogP contribution in [0.5, 0.6) is 0 Å². The number of ether oxygens (including phenoxy) is 1. The van der Waals surface area contributed by atoms with Crippen LogP contribution in [0.4, 0.5) is 0 Å². The predicted octanol–water partition coefficient (Wildman–Crippen LogP) is 8.71. The summed E-state index contributed by atoms with van der Waals surface area (Å²) in [6.07, 6.45) is 13.8. The number of carbonyl (C=O) groups is 1. The highest BCUT2D eigenvalue weighted by Gasteiger charge is 2.24. The number of rotatable bonds is 14. The summed E-state index contributed by atoms with van der Waals surface area (Å²) in [5.41, 5.74) is 2.57. The van der Waals surface area contributed by atoms with Crippen LogP contribution < -0.4 is 5.32 Å². The van der Waals surface area contributed by atoms with Crippen LogP contribution in [0.1, 0.15) is 106 Å². The Morgan fingerprint density at radius 3 is 2.50 bits per heavy atom. The average Bonchev–Trinajstić information content (AvgIpc) is 3.68. The van der Waals surface area contributed by atoms with Gasteiger partial charge < -0.3 is 15.2 Å². The van der Waals surface area contributed by atoms with Crippen LogP contribution in [0.2, 0.25) is 5.02 Å². The zero-order valence-electron chi connectivity index (χ0n) is 24.1. The number of halogens is 1. The predicted molar refractivity (Wildman–Crippen MR) is 166 cm³/mol. The van der Waals surface area contributed by atoms with Crippen molar-refractivity contribution >= 4 is 28.9 Å². The molecule has 2 aromatic heterocycles. The number of carboxylic acid groups (broad SMARTS) is 1. The fraction of sp³-hybridized carbons (Fsp3) is 0.531. The van der Waals surface area contributed by atoms with E-state index in [4.69, 9.17) is 21.4 Å². The van der Waals surface area contributed by atoms with E-state index in [1.807, 2.05) is 24.4 Å². The molecule has 1 aliphatic rings. The van der Waals surface area contributed by atoms with Gasteiger partial charge in [-0.15, -0.1) is 11.3 Å². The molecule has 0 spiro atoms. The molecule has 1 aliphatic heterocycles. The van der Waals surface area contributed by atoms with E-state index >= 15 is 0 Å². The van der Waals surface area contributed by atoms with Gasteiger partial charge in [0.15, 0.2) is 0 Å². The first-order valence-electron chi connectivity index (χ1n) is 14.5. The Labute approximate surface area is 248 Å². The van der Waals surface area contributed by atoms with E-state index in [-0.39, 0.29) is 17.2 Å². The maximum absolute atomic E-state index is 11.2. The summed E-state index contributed by atoms with van der Waals surface area (Å²) in [7, 11) is 0. The van der Waals surface area contributed by atoms with Crippen LogP contribution in [0.25, 0.3) is 11.3 Å². The summed E-state index contributed by atoms with van der Waals surface area (Å²) in [6.45, 7) is 9.17. The first-order valence-corrected chi connectivity index (χ1v) is 15.8. The highest BCUT2D eigenvalue weighted by molar-refractivity contribution is 7.09. The maximum atomic E-state index is 11.2. The van der Waals surface area contributed by atoms with E-state index in [1.165, 1.54) is 56.4 Å². The number of pyridine rings is 1. The number of benzene rings is 1. The third kappa shape index (κ3) is 10.3. The normalized spacial score (nSPS) is 15.1. The van der Waals surface area contributed by atoms with Crippen LogP contribution in [0.3, 0.4) is 0 Å². The summed E-state index contributed by atoms with van der Waals surface area (Å²) in [6, 6.07) is 10.7. The topological polar surface area (TPSA) is 84.3 Å². The first-order chi connectivity index (χ1) is 19.3. The summed E-state index contributed by atoms with van der Waals surface area (Å²) in [4.78, 5) is 19.9. The molecule has 0 radical (unpaired) electrons. The van der Waals surface area contributed by atoms with Gasteiger partial charge in [0, 0.05) is 34.7 Å². The second kappa shape index (κ2) is 16.8. The van der Waals surface area contributed by atoms with Gasteiger partial charge in [-0.1, -0.05) is 81.7 Å². The van der Waals surface area contributed by atoms with Gasteiger partial charge in [0.2, 0.25) is 0 Å². The molecule has 218 valence electrons. The average molecular weight is 586 g/mol. The van der Waals surface area contributed by atoms with Crippen molar-refractivity contribution in [1.29, 1.82) is 0 Å². The molecule has 8 heteroatoms. The molecule has 1 saturated heterocycles. The zero-order chi connectivity index (χ0) is 28.8. The van der Waals surface area contributed by atoms with Crippen molar-refractivity contribution in [1.82, 2.24) is 15.3 Å². The number of hydrogen-bond donors (Lipinski definition) is 2. The summed E-state index contributed by atoms with van der Waals surface area (Å²) < 4.78 is 5.43. The van der Waals surface area contributed by atoms with Crippen LogP contribution in [0, 0.1) is 0 Å². The number of thiazole rings is 1. The Bertz CT molecular complexity index is 1160. The summed E-state index contributed by atoms with van der Waals surface area (Å²) in [5.74, 6) is -0.790. The van der Waals surface area contributed by atoms with Crippen molar-refractivity contribution < 1.29 is 14.6 Å². The molecular formula is C32H44ClN3O3S. The number of hydrogen-bond acceptors (Lipinski definition) is 6. The number of aromatic carboxylic acids is 1. The van der Waals surface area contributed by atoms with Gasteiger partial charge in [-0.25, -0.2) is 14.8 Å². The van der Waals surface area contributed by atoms with Crippen LogP contribution >= 0.6 is 22.9 Å². The van der Waals surface area contributed by atoms with Crippen molar-refractivity contribution in [2.24, 2.45) is 0 Å². The van der Waals surface area contributed by atoms with Crippen molar-refractivity contribution in [3.63, 3.8) is 0 Å². The Balaban J connectivity index is 0.000000222. The second-order valence-electron chi connectivity index (χ2n) is 10.9. The number of nitrogens with zero attached hydrogens (tertiary/aromatic N) is 2. The minimum atomic E-state index is -1.03. The van der Waals surface area contributed by atoms with E-state index in [1.54, 1.807) is 29.5 Å². The highest BCUT2D eigenvalue weighted by Crippen LogP contribution is 2.33. The van der Waals surface area contributed by atoms with Gasteiger partial charge in [0.05, 0.1) is 17.8 Å². The molecule has 0 saturated carbocycles. The van der Waals surface area contributed by atoms with Gasteiger partial charge in [-0.05, 0) is 57.0 Å². The monoisotopic (exact) mass is 585 g/mol. The standard InChI is InChI=1S/C16H14ClNO3.C16H30N2S/c17-12-3-1-2-10(8-12)15-13(11-6-7-21-9-11)4-5-14(18-15)16(19)20;1-4-5-6-7-8-9-10-11-12-18-16(2,3)15-17-13-14-19-15/h1-5,8,11H,6-7,9H2,(H,19,20);13-14,18H,4-12H2,1-3H3. The Morgan fingerprint density at radius 2 is 1.88 bits per heavy atom. The van der Waals surface area contributed by atoms with Crippen molar-refractivity contribution in [2.75, 3.05) is 19.8 Å². The lowest BCUT2D eigenvalue weighted by molar-refractivity contribution is 0.0690. The Kier molecular flexibility index (Phi) is 13.5. The van der Waals surface area contributed by atoms with Crippen LogP contribution in [-0.2, 0) is 10.3 Å². The molecule has 1 unspecified atom stereocenters. The molecule has 6 nitrogen and oxygen atoms in total. The van der Waals surface area contributed by atoms with E-state index < -0.39 is 5.97 Å². The number of unbranched alkanes of at least 4 members (excludes halogenated alkanes) is 7. The van der Waals surface area contributed by atoms with Gasteiger partial charge in [-0.3, -0.25) is 0 Å². The summed E-state index contributed by atoms with van der Waals surface area (Å²) in [5, 5.41) is 16.6. The van der Waals surface area contributed by atoms with Crippen molar-refractivity contribution in [3.8, 4) is 11.3 Å². The third-order valence-corrected chi connectivity index (χ3v) is 8.51. The number of nitrogens with one attached hydrogen (secondary N) is 1. The molecule has 1 aromatic carbocycles. The lowest BCUT2D eigenvalue weighted by atomic mass is 9.93. The Hall–Kier alpha value is -2.32. The smallest absolute Gasteiger partial charge is 0.354 e. The fourth-order valence-corrected chi connectivity index (χ4v) is 5.76. The quantitative estimate of drug-likeness (QED) is 0.184. The van der Waals surface area contributed by atoms with Crippen LogP contribution in [0.15, 0.2) is 48.0 Å². The molecule has 1 fully saturated rings. The molecule has 2 N–H and O–H groups in total. The number of carboxylic acids is 1. The van der Waals surface area contributed by atoms with Gasteiger partial charge >= 0.3 is 5.97 Å². The minimum absolute atomic E-state index is 0.0231. The molecule has 3 aromatic rings. The van der Waals surface area contributed by atoms with Gasteiger partial charge in [0.25, 0.3) is 0 Å². The molecule has 0 bridgehead atoms. The molecule has 1 atom stereocenters. The van der Waals surface area contributed by atoms with E-state index in [9.17, 15) is 4.79 Å². The third-order valence-electron chi connectivity index (χ3n) is 7.18. The molecular weight excluding hydrogens is 542 g/mol. The van der Waals surface area contributed by atoms with Gasteiger partial charge in [0.1, 0.15) is 10.7 Å². The molecule has 0 aliphatic carbocycles. The van der Waals surface area contributed by atoms with E-state index in [0.717, 1.165) is 30.7 Å². The Morgan fingerprint density at radius 1 is 1.12 bits per heavy atom. The SMILES string of the molecule is CCCCCCCCCCNC(C)(C)c1nccs1.O=C(O)c1ccc(C2CCOC2)c(-c2cccc(Cl)c2)n1. The first kappa shape index (κ1) is 32.2. The lowest BCUT2D eigenvalue weighted by Gasteiger charge is -2.23. The zero-order valence-corrected chi connectivity index (χ0v) is 25.7. The minimum Gasteiger partial charge on any atom is -0.477 e. The van der Waals surface area contributed by atoms with Gasteiger partial charge in [-0.2, -0.15) is 0 Å². The van der Waals surface area contributed by atoms with Crippen LogP contribution in [-0.4, -0.2) is 40.8 Å². The van der Waals surface area contributed by atoms with E-state index in [2.05, 4.69) is 41.4 Å². The second-order valence-corrected chi connectivity index (χ2v) is 12.2. The van der Waals surface area contributed by atoms with Crippen molar-refractivity contribution in [3.05, 3.63) is 69.3 Å². The molecule has 0 amide bonds. The van der Waals surface area contributed by atoms with Crippen molar-refractivity contribution in [2.45, 2.75) is 90.0 Å². The molecule has 3 heterocycles.